The summed E-state index contributed by atoms with van der Waals surface area (Å²) < 4.78 is 35.2. The molecule has 8 heteroatoms. The highest BCUT2D eigenvalue weighted by Crippen LogP contribution is 2.12. The quantitative estimate of drug-likeness (QED) is 0.789. The molecule has 0 spiro atoms. The number of nitrogens with zero attached hydrogens (tertiary/aromatic N) is 2. The molecule has 0 saturated heterocycles. The van der Waals surface area contributed by atoms with Gasteiger partial charge in [0.15, 0.2) is 0 Å². The lowest BCUT2D eigenvalue weighted by atomic mass is 10.4. The molecule has 0 bridgehead atoms. The lowest BCUT2D eigenvalue weighted by Crippen LogP contribution is -2.34. The molecule has 0 saturated carbocycles. The maximum atomic E-state index is 11.7. The maximum Gasteiger partial charge on any atom is 0.405 e. The van der Waals surface area contributed by atoms with Crippen molar-refractivity contribution in [2.75, 3.05) is 6.54 Å². The number of aromatic amines is 1. The third kappa shape index (κ3) is 3.56. The summed E-state index contributed by atoms with van der Waals surface area (Å²) in [5, 5.41) is 7.57. The summed E-state index contributed by atoms with van der Waals surface area (Å²) in [6.07, 6.45) is -3.90. The maximum absolute atomic E-state index is 11.7. The fourth-order valence-electron chi connectivity index (χ4n) is 0.815. The van der Waals surface area contributed by atoms with Gasteiger partial charge in [0.05, 0.1) is 0 Å². The van der Waals surface area contributed by atoms with Crippen molar-refractivity contribution in [3.8, 4) is 0 Å². The van der Waals surface area contributed by atoms with Crippen LogP contribution in [0.1, 0.15) is 23.4 Å². The van der Waals surface area contributed by atoms with E-state index in [4.69, 9.17) is 0 Å². The van der Waals surface area contributed by atoms with Crippen molar-refractivity contribution in [3.63, 3.8) is 0 Å². The highest BCUT2D eigenvalue weighted by Gasteiger charge is 2.28. The first-order valence-corrected chi connectivity index (χ1v) is 4.18. The summed E-state index contributed by atoms with van der Waals surface area (Å²) in [7, 11) is 0. The third-order valence-corrected chi connectivity index (χ3v) is 1.52. The SMILES string of the molecule is CCc1nc(C(=O)NCC(F)(F)F)n[nH]1. The van der Waals surface area contributed by atoms with Gasteiger partial charge in [-0.15, -0.1) is 5.10 Å². The summed E-state index contributed by atoms with van der Waals surface area (Å²) in [5.74, 6) is -0.772. The van der Waals surface area contributed by atoms with Gasteiger partial charge in [-0.05, 0) is 0 Å². The van der Waals surface area contributed by atoms with Gasteiger partial charge < -0.3 is 5.32 Å². The number of nitrogens with one attached hydrogen (secondary N) is 2. The van der Waals surface area contributed by atoms with Crippen LogP contribution in [0.4, 0.5) is 13.2 Å². The summed E-state index contributed by atoms with van der Waals surface area (Å²) in [5.41, 5.74) is 0. The van der Waals surface area contributed by atoms with Crippen molar-refractivity contribution in [1.29, 1.82) is 0 Å². The minimum atomic E-state index is -4.43. The molecule has 0 fully saturated rings. The van der Waals surface area contributed by atoms with Crippen molar-refractivity contribution in [3.05, 3.63) is 11.6 Å². The minimum Gasteiger partial charge on any atom is -0.340 e. The molecule has 0 aromatic carbocycles. The van der Waals surface area contributed by atoms with Crippen molar-refractivity contribution in [2.24, 2.45) is 0 Å². The van der Waals surface area contributed by atoms with Gasteiger partial charge >= 0.3 is 6.18 Å². The Kier molecular flexibility index (Phi) is 3.28. The van der Waals surface area contributed by atoms with Crippen LogP contribution in [0.25, 0.3) is 0 Å². The van der Waals surface area contributed by atoms with E-state index in [2.05, 4.69) is 15.2 Å². The van der Waals surface area contributed by atoms with Crippen LogP contribution in [0.15, 0.2) is 0 Å². The largest absolute Gasteiger partial charge is 0.405 e. The highest BCUT2D eigenvalue weighted by molar-refractivity contribution is 5.90. The number of hydrogen-bond donors (Lipinski definition) is 2. The van der Waals surface area contributed by atoms with E-state index in [1.807, 2.05) is 0 Å². The van der Waals surface area contributed by atoms with Crippen LogP contribution < -0.4 is 5.32 Å². The number of aryl methyl sites for hydroxylation is 1. The van der Waals surface area contributed by atoms with Crippen molar-refractivity contribution < 1.29 is 18.0 Å². The van der Waals surface area contributed by atoms with Crippen LogP contribution in [0, 0.1) is 0 Å². The average molecular weight is 222 g/mol. The molecule has 2 N–H and O–H groups in total. The van der Waals surface area contributed by atoms with Gasteiger partial charge in [-0.3, -0.25) is 9.89 Å². The number of hydrogen-bond acceptors (Lipinski definition) is 3. The summed E-state index contributed by atoms with van der Waals surface area (Å²) in [6.45, 7) is 0.389. The molecule has 0 unspecified atom stereocenters. The molecule has 1 rings (SSSR count). The van der Waals surface area contributed by atoms with Crippen LogP contribution >= 0.6 is 0 Å². The Morgan fingerprint density at radius 1 is 1.53 bits per heavy atom. The normalized spacial score (nSPS) is 11.5. The average Bonchev–Trinajstić information content (AvgIpc) is 2.61. The predicted molar refractivity (Wildman–Crippen MR) is 44.1 cm³/mol. The van der Waals surface area contributed by atoms with Gasteiger partial charge in [-0.1, -0.05) is 6.92 Å². The van der Waals surface area contributed by atoms with Crippen LogP contribution in [-0.4, -0.2) is 33.8 Å². The van der Waals surface area contributed by atoms with Gasteiger partial charge in [0.25, 0.3) is 5.91 Å². The molecule has 0 aliphatic rings. The van der Waals surface area contributed by atoms with E-state index in [0.29, 0.717) is 12.2 Å². The van der Waals surface area contributed by atoms with E-state index in [9.17, 15) is 18.0 Å². The first-order chi connectivity index (χ1) is 6.92. The smallest absolute Gasteiger partial charge is 0.340 e. The molecule has 0 aliphatic carbocycles. The fourth-order valence-corrected chi connectivity index (χ4v) is 0.815. The zero-order chi connectivity index (χ0) is 11.5. The molecular weight excluding hydrogens is 213 g/mol. The third-order valence-electron chi connectivity index (χ3n) is 1.52. The second-order valence-corrected chi connectivity index (χ2v) is 2.76. The number of amides is 1. The molecule has 15 heavy (non-hydrogen) atoms. The van der Waals surface area contributed by atoms with E-state index in [1.54, 1.807) is 12.2 Å². The summed E-state index contributed by atoms with van der Waals surface area (Å²) in [6, 6.07) is 0. The molecule has 84 valence electrons. The molecule has 0 atom stereocenters. The number of carbonyl (C=O) groups excluding carboxylic acids is 1. The number of alkyl halides is 3. The Bertz CT molecular complexity index is 346. The van der Waals surface area contributed by atoms with E-state index >= 15 is 0 Å². The van der Waals surface area contributed by atoms with Crippen LogP contribution in [0.2, 0.25) is 0 Å². The summed E-state index contributed by atoms with van der Waals surface area (Å²) >= 11 is 0. The van der Waals surface area contributed by atoms with Gasteiger partial charge in [-0.2, -0.15) is 13.2 Å². The number of carbonyl (C=O) groups is 1. The molecule has 0 aliphatic heterocycles. The molecule has 1 aromatic rings. The van der Waals surface area contributed by atoms with Gasteiger partial charge in [0.1, 0.15) is 12.4 Å². The Hall–Kier alpha value is -1.60. The Morgan fingerprint density at radius 2 is 2.20 bits per heavy atom. The standard InChI is InChI=1S/C7H9F3N4O/c1-2-4-12-5(14-13-4)6(15)11-3-7(8,9)10/h2-3H2,1H3,(H,11,15)(H,12,13,14). The molecule has 1 amide bonds. The van der Waals surface area contributed by atoms with Gasteiger partial charge in [0.2, 0.25) is 5.82 Å². The fraction of sp³-hybridized carbons (Fsp3) is 0.571. The van der Waals surface area contributed by atoms with Gasteiger partial charge in [-0.25, -0.2) is 4.98 Å². The Labute approximate surface area is 83.1 Å². The second-order valence-electron chi connectivity index (χ2n) is 2.76. The van der Waals surface area contributed by atoms with Crippen molar-refractivity contribution in [1.82, 2.24) is 20.5 Å². The zero-order valence-electron chi connectivity index (χ0n) is 7.85. The van der Waals surface area contributed by atoms with E-state index < -0.39 is 18.6 Å². The minimum absolute atomic E-state index is 0.281. The van der Waals surface area contributed by atoms with E-state index in [1.165, 1.54) is 0 Å². The van der Waals surface area contributed by atoms with Crippen LogP contribution in [-0.2, 0) is 6.42 Å². The highest BCUT2D eigenvalue weighted by atomic mass is 19.4. The molecular formula is C7H9F3N4O. The molecule has 1 heterocycles. The molecule has 0 radical (unpaired) electrons. The number of rotatable bonds is 3. The first kappa shape index (κ1) is 11.5. The first-order valence-electron chi connectivity index (χ1n) is 4.18. The van der Waals surface area contributed by atoms with Crippen molar-refractivity contribution >= 4 is 5.91 Å². The van der Waals surface area contributed by atoms with E-state index in [0.717, 1.165) is 0 Å². The van der Waals surface area contributed by atoms with Crippen LogP contribution in [0.3, 0.4) is 0 Å². The van der Waals surface area contributed by atoms with Gasteiger partial charge in [0, 0.05) is 6.42 Å². The number of aromatic nitrogens is 3. The summed E-state index contributed by atoms with van der Waals surface area (Å²) in [4.78, 5) is 14.7. The Morgan fingerprint density at radius 3 is 2.67 bits per heavy atom. The lowest BCUT2D eigenvalue weighted by Gasteiger charge is -2.05. The monoisotopic (exact) mass is 222 g/mol. The van der Waals surface area contributed by atoms with E-state index in [-0.39, 0.29) is 5.82 Å². The molecule has 5 nitrogen and oxygen atoms in total. The van der Waals surface area contributed by atoms with Crippen molar-refractivity contribution in [2.45, 2.75) is 19.5 Å². The lowest BCUT2D eigenvalue weighted by molar-refractivity contribution is -0.123. The second kappa shape index (κ2) is 4.28. The number of halogens is 3. The molecule has 1 aromatic heterocycles. The topological polar surface area (TPSA) is 70.7 Å². The predicted octanol–water partition coefficient (Wildman–Crippen LogP) is 0.659. The zero-order valence-corrected chi connectivity index (χ0v) is 7.85. The number of H-pyrrole nitrogens is 1. The Balaban J connectivity index is 2.54. The van der Waals surface area contributed by atoms with Crippen LogP contribution in [0.5, 0.6) is 0 Å².